The summed E-state index contributed by atoms with van der Waals surface area (Å²) in [5, 5.41) is 0. The Labute approximate surface area is 147 Å². The third kappa shape index (κ3) is 3.50. The van der Waals surface area contributed by atoms with E-state index in [4.69, 9.17) is 9.47 Å². The average molecular weight is 339 g/mol. The van der Waals surface area contributed by atoms with Crippen LogP contribution in [0.25, 0.3) is 0 Å². The van der Waals surface area contributed by atoms with Gasteiger partial charge in [-0.05, 0) is 43.2 Å². The van der Waals surface area contributed by atoms with Crippen molar-refractivity contribution in [3.05, 3.63) is 53.6 Å². The first-order chi connectivity index (χ1) is 12.0. The first-order valence-corrected chi connectivity index (χ1v) is 8.22. The molecule has 2 aromatic carbocycles. The maximum atomic E-state index is 12.5. The molecule has 2 aromatic rings. The minimum atomic E-state index is -0.489. The van der Waals surface area contributed by atoms with Gasteiger partial charge >= 0.3 is 5.97 Å². The first-order valence-electron chi connectivity index (χ1n) is 8.22. The molecule has 0 N–H and O–H groups in total. The maximum absolute atomic E-state index is 12.5. The van der Waals surface area contributed by atoms with Gasteiger partial charge in [0.1, 0.15) is 0 Å². The number of ether oxygens (including phenoxy) is 2. The SMILES string of the molecule is COc1ccccc1OC(=O)[C@H]1CC(=O)N(c2cc(C)ccc2C)C1. The fourth-order valence-corrected chi connectivity index (χ4v) is 3.00. The summed E-state index contributed by atoms with van der Waals surface area (Å²) in [5.41, 5.74) is 2.95. The molecule has 1 heterocycles. The van der Waals surface area contributed by atoms with Crippen molar-refractivity contribution in [3.63, 3.8) is 0 Å². The van der Waals surface area contributed by atoms with Crippen molar-refractivity contribution < 1.29 is 19.1 Å². The molecule has 0 spiro atoms. The first kappa shape index (κ1) is 17.0. The molecule has 1 amide bonds. The number of carbonyl (C=O) groups is 2. The van der Waals surface area contributed by atoms with Gasteiger partial charge in [0.05, 0.1) is 13.0 Å². The van der Waals surface area contributed by atoms with Gasteiger partial charge in [-0.2, -0.15) is 0 Å². The Kier molecular flexibility index (Phi) is 4.74. The van der Waals surface area contributed by atoms with Gasteiger partial charge in [-0.25, -0.2) is 0 Å². The Hall–Kier alpha value is -2.82. The Morgan fingerprint density at radius 3 is 2.56 bits per heavy atom. The molecular formula is C20H21NO4. The van der Waals surface area contributed by atoms with Gasteiger partial charge in [0.15, 0.2) is 11.5 Å². The lowest BCUT2D eigenvalue weighted by molar-refractivity contribution is -0.139. The minimum Gasteiger partial charge on any atom is -0.493 e. The van der Waals surface area contributed by atoms with Gasteiger partial charge in [0.25, 0.3) is 0 Å². The van der Waals surface area contributed by atoms with Crippen molar-refractivity contribution in [1.29, 1.82) is 0 Å². The van der Waals surface area contributed by atoms with Crippen LogP contribution in [0.1, 0.15) is 17.5 Å². The maximum Gasteiger partial charge on any atom is 0.316 e. The van der Waals surface area contributed by atoms with Gasteiger partial charge in [-0.15, -0.1) is 0 Å². The number of anilines is 1. The third-order valence-corrected chi connectivity index (χ3v) is 4.39. The van der Waals surface area contributed by atoms with Gasteiger partial charge < -0.3 is 14.4 Å². The largest absolute Gasteiger partial charge is 0.493 e. The highest BCUT2D eigenvalue weighted by atomic mass is 16.6. The van der Waals surface area contributed by atoms with E-state index in [0.717, 1.165) is 16.8 Å². The number of rotatable bonds is 4. The lowest BCUT2D eigenvalue weighted by atomic mass is 10.1. The van der Waals surface area contributed by atoms with Crippen molar-refractivity contribution >= 4 is 17.6 Å². The Morgan fingerprint density at radius 2 is 1.84 bits per heavy atom. The van der Waals surface area contributed by atoms with E-state index in [0.29, 0.717) is 18.0 Å². The molecule has 1 fully saturated rings. The zero-order chi connectivity index (χ0) is 18.0. The number of benzene rings is 2. The fraction of sp³-hybridized carbons (Fsp3) is 0.300. The molecule has 0 radical (unpaired) electrons. The number of aryl methyl sites for hydroxylation is 2. The summed E-state index contributed by atoms with van der Waals surface area (Å²) in [6.45, 7) is 4.27. The molecule has 1 aliphatic heterocycles. The second kappa shape index (κ2) is 6.97. The van der Waals surface area contributed by atoms with Gasteiger partial charge in [-0.1, -0.05) is 24.3 Å². The van der Waals surface area contributed by atoms with Crippen LogP contribution in [-0.2, 0) is 9.59 Å². The van der Waals surface area contributed by atoms with Crippen LogP contribution in [0, 0.1) is 19.8 Å². The van der Waals surface area contributed by atoms with Crippen molar-refractivity contribution in [2.45, 2.75) is 20.3 Å². The second-order valence-electron chi connectivity index (χ2n) is 6.27. The van der Waals surface area contributed by atoms with Crippen LogP contribution in [0.5, 0.6) is 11.5 Å². The van der Waals surface area contributed by atoms with E-state index in [2.05, 4.69) is 0 Å². The molecule has 3 rings (SSSR count). The van der Waals surface area contributed by atoms with E-state index < -0.39 is 11.9 Å². The Morgan fingerprint density at radius 1 is 1.12 bits per heavy atom. The molecule has 0 bridgehead atoms. The molecule has 1 saturated heterocycles. The van der Waals surface area contributed by atoms with Crippen LogP contribution < -0.4 is 14.4 Å². The van der Waals surface area contributed by atoms with Gasteiger partial charge in [0.2, 0.25) is 5.91 Å². The molecule has 1 atom stereocenters. The van der Waals surface area contributed by atoms with Crippen molar-refractivity contribution in [2.24, 2.45) is 5.92 Å². The van der Waals surface area contributed by atoms with Gasteiger partial charge in [0, 0.05) is 18.7 Å². The summed E-state index contributed by atoms with van der Waals surface area (Å²) in [6.07, 6.45) is 0.154. The van der Waals surface area contributed by atoms with Crippen LogP contribution in [0.15, 0.2) is 42.5 Å². The number of hydrogen-bond donors (Lipinski definition) is 0. The molecule has 1 aliphatic rings. The summed E-state index contributed by atoms with van der Waals surface area (Å²) in [6, 6.07) is 12.9. The molecule has 130 valence electrons. The van der Waals surface area contributed by atoms with Crippen LogP contribution in [0.4, 0.5) is 5.69 Å². The number of hydrogen-bond acceptors (Lipinski definition) is 4. The summed E-state index contributed by atoms with van der Waals surface area (Å²) in [4.78, 5) is 26.6. The number of esters is 1. The number of para-hydroxylation sites is 2. The summed E-state index contributed by atoms with van der Waals surface area (Å²) in [7, 11) is 1.52. The van der Waals surface area contributed by atoms with E-state index in [1.807, 2.05) is 32.0 Å². The van der Waals surface area contributed by atoms with E-state index in [9.17, 15) is 9.59 Å². The number of amides is 1. The van der Waals surface area contributed by atoms with Crippen LogP contribution in [0.3, 0.4) is 0 Å². The molecular weight excluding hydrogens is 318 g/mol. The smallest absolute Gasteiger partial charge is 0.316 e. The zero-order valence-corrected chi connectivity index (χ0v) is 14.6. The number of carbonyl (C=O) groups excluding carboxylic acids is 2. The van der Waals surface area contributed by atoms with E-state index in [1.165, 1.54) is 7.11 Å². The summed E-state index contributed by atoms with van der Waals surface area (Å²) < 4.78 is 10.7. The summed E-state index contributed by atoms with van der Waals surface area (Å²) in [5.74, 6) is -0.0992. The minimum absolute atomic E-state index is 0.0596. The number of methoxy groups -OCH3 is 1. The molecule has 0 aromatic heterocycles. The monoisotopic (exact) mass is 339 g/mol. The zero-order valence-electron chi connectivity index (χ0n) is 14.6. The van der Waals surface area contributed by atoms with Crippen LogP contribution in [-0.4, -0.2) is 25.5 Å². The summed E-state index contributed by atoms with van der Waals surface area (Å²) >= 11 is 0. The number of nitrogens with zero attached hydrogens (tertiary/aromatic N) is 1. The highest BCUT2D eigenvalue weighted by molar-refractivity contribution is 6.00. The molecule has 0 aliphatic carbocycles. The normalized spacial score (nSPS) is 16.8. The van der Waals surface area contributed by atoms with Crippen molar-refractivity contribution in [3.8, 4) is 11.5 Å². The molecule has 5 nitrogen and oxygen atoms in total. The Bertz CT molecular complexity index is 815. The standard InChI is InChI=1S/C20H21NO4/c1-13-8-9-14(2)16(10-13)21-12-15(11-19(21)22)20(23)25-18-7-5-4-6-17(18)24-3/h4-10,15H,11-12H2,1-3H3/t15-/m0/s1. The van der Waals surface area contributed by atoms with Crippen LogP contribution >= 0.6 is 0 Å². The highest BCUT2D eigenvalue weighted by Crippen LogP contribution is 2.31. The van der Waals surface area contributed by atoms with E-state index in [-0.39, 0.29) is 12.3 Å². The van der Waals surface area contributed by atoms with E-state index in [1.54, 1.807) is 29.2 Å². The predicted octanol–water partition coefficient (Wildman–Crippen LogP) is 3.27. The second-order valence-corrected chi connectivity index (χ2v) is 6.27. The van der Waals surface area contributed by atoms with Crippen molar-refractivity contribution in [1.82, 2.24) is 0 Å². The molecule has 0 saturated carbocycles. The van der Waals surface area contributed by atoms with Gasteiger partial charge in [-0.3, -0.25) is 9.59 Å². The average Bonchev–Trinajstić information content (AvgIpc) is 2.99. The quantitative estimate of drug-likeness (QED) is 0.634. The molecule has 5 heteroatoms. The lowest BCUT2D eigenvalue weighted by Crippen LogP contribution is -2.28. The topological polar surface area (TPSA) is 55.8 Å². The fourth-order valence-electron chi connectivity index (χ4n) is 3.00. The lowest BCUT2D eigenvalue weighted by Gasteiger charge is -2.19. The highest BCUT2D eigenvalue weighted by Gasteiger charge is 2.37. The molecule has 25 heavy (non-hydrogen) atoms. The molecule has 0 unspecified atom stereocenters. The van der Waals surface area contributed by atoms with Crippen molar-refractivity contribution in [2.75, 3.05) is 18.6 Å². The Balaban J connectivity index is 1.76. The predicted molar refractivity (Wildman–Crippen MR) is 95.0 cm³/mol. The third-order valence-electron chi connectivity index (χ3n) is 4.39. The van der Waals surface area contributed by atoms with E-state index >= 15 is 0 Å². The van der Waals surface area contributed by atoms with Crippen LogP contribution in [0.2, 0.25) is 0 Å².